The molecule has 3 rings (SSSR count). The molecule has 0 aliphatic rings. The van der Waals surface area contributed by atoms with Crippen molar-refractivity contribution in [2.24, 2.45) is 0 Å². The fourth-order valence-corrected chi connectivity index (χ4v) is 4.47. The van der Waals surface area contributed by atoms with Gasteiger partial charge in [-0.2, -0.15) is 4.31 Å². The van der Waals surface area contributed by atoms with Crippen LogP contribution in [0, 0.1) is 6.92 Å². The molecule has 30 heavy (non-hydrogen) atoms. The third kappa shape index (κ3) is 5.87. The minimum atomic E-state index is -3.70. The van der Waals surface area contributed by atoms with Gasteiger partial charge in [-0.15, -0.1) is 0 Å². The molecule has 0 amide bonds. The number of benzene rings is 2. The highest BCUT2D eigenvalue weighted by Gasteiger charge is 2.25. The van der Waals surface area contributed by atoms with Crippen LogP contribution in [0.15, 0.2) is 76.2 Å². The quantitative estimate of drug-likeness (QED) is 0.415. The van der Waals surface area contributed by atoms with Gasteiger partial charge in [0.2, 0.25) is 10.0 Å². The van der Waals surface area contributed by atoms with Gasteiger partial charge in [-0.3, -0.25) is 0 Å². The lowest BCUT2D eigenvalue weighted by Gasteiger charge is -2.21. The first-order chi connectivity index (χ1) is 14.5. The van der Waals surface area contributed by atoms with Gasteiger partial charge < -0.3 is 13.9 Å². The van der Waals surface area contributed by atoms with Crippen LogP contribution in [0.2, 0.25) is 0 Å². The molecule has 6 nitrogen and oxygen atoms in total. The molecule has 0 N–H and O–H groups in total. The molecule has 0 spiro atoms. The highest BCUT2D eigenvalue weighted by molar-refractivity contribution is 7.89. The maximum Gasteiger partial charge on any atom is 0.243 e. The van der Waals surface area contributed by atoms with Crippen LogP contribution >= 0.6 is 0 Å². The molecule has 2 aromatic carbocycles. The Bertz CT molecular complexity index is 1010. The first kappa shape index (κ1) is 21.9. The molecular formula is C23H27NO5S. The van der Waals surface area contributed by atoms with Crippen molar-refractivity contribution in [3.63, 3.8) is 0 Å². The van der Waals surface area contributed by atoms with Crippen molar-refractivity contribution < 1.29 is 22.3 Å². The van der Waals surface area contributed by atoms with Crippen LogP contribution in [-0.4, -0.2) is 32.5 Å². The molecule has 0 radical (unpaired) electrons. The number of rotatable bonds is 11. The summed E-state index contributed by atoms with van der Waals surface area (Å²) < 4.78 is 44.5. The molecule has 1 aromatic heterocycles. The summed E-state index contributed by atoms with van der Waals surface area (Å²) in [7, 11) is -3.70. The molecule has 3 aromatic rings. The zero-order valence-electron chi connectivity index (χ0n) is 17.3. The van der Waals surface area contributed by atoms with E-state index in [2.05, 4.69) is 0 Å². The van der Waals surface area contributed by atoms with Crippen LogP contribution < -0.4 is 9.47 Å². The smallest absolute Gasteiger partial charge is 0.243 e. The Hall–Kier alpha value is -2.77. The average molecular weight is 430 g/mol. The van der Waals surface area contributed by atoms with E-state index in [0.29, 0.717) is 37.7 Å². The number of sulfonamides is 1. The first-order valence-electron chi connectivity index (χ1n) is 9.94. The minimum Gasteiger partial charge on any atom is -0.494 e. The normalized spacial score (nSPS) is 11.6. The van der Waals surface area contributed by atoms with E-state index in [1.165, 1.54) is 10.6 Å². The van der Waals surface area contributed by atoms with E-state index >= 15 is 0 Å². The lowest BCUT2D eigenvalue weighted by atomic mass is 10.2. The van der Waals surface area contributed by atoms with Crippen molar-refractivity contribution in [3.05, 3.63) is 78.3 Å². The van der Waals surface area contributed by atoms with Gasteiger partial charge in [0.1, 0.15) is 17.3 Å². The second-order valence-electron chi connectivity index (χ2n) is 6.84. The highest BCUT2D eigenvalue weighted by Crippen LogP contribution is 2.22. The van der Waals surface area contributed by atoms with Gasteiger partial charge in [-0.1, -0.05) is 12.1 Å². The summed E-state index contributed by atoms with van der Waals surface area (Å²) in [4.78, 5) is 0.220. The molecule has 160 valence electrons. The molecule has 0 bridgehead atoms. The molecule has 0 atom stereocenters. The van der Waals surface area contributed by atoms with Crippen LogP contribution in [0.4, 0.5) is 0 Å². The Morgan fingerprint density at radius 1 is 0.967 bits per heavy atom. The summed E-state index contributed by atoms with van der Waals surface area (Å²) in [5, 5.41) is 0. The Balaban J connectivity index is 1.69. The maximum absolute atomic E-state index is 13.2. The summed E-state index contributed by atoms with van der Waals surface area (Å²) in [5.74, 6) is 2.01. The van der Waals surface area contributed by atoms with Crippen LogP contribution in [0.25, 0.3) is 0 Å². The lowest BCUT2D eigenvalue weighted by molar-refractivity contribution is 0.280. The van der Waals surface area contributed by atoms with Gasteiger partial charge in [0.25, 0.3) is 0 Å². The lowest BCUT2D eigenvalue weighted by Crippen LogP contribution is -2.32. The fourth-order valence-electron chi connectivity index (χ4n) is 3.02. The summed E-state index contributed by atoms with van der Waals surface area (Å²) in [6, 6.07) is 17.8. The number of hydrogen-bond donors (Lipinski definition) is 0. The van der Waals surface area contributed by atoms with E-state index in [1.54, 1.807) is 36.4 Å². The van der Waals surface area contributed by atoms with E-state index in [-0.39, 0.29) is 11.4 Å². The Morgan fingerprint density at radius 2 is 1.77 bits per heavy atom. The largest absolute Gasteiger partial charge is 0.494 e. The van der Waals surface area contributed by atoms with E-state index in [9.17, 15) is 8.42 Å². The SMILES string of the molecule is CCOc1ccc(S(=O)(=O)N(CCCOc2cccc(C)c2)Cc2ccco2)cc1. The first-order valence-corrected chi connectivity index (χ1v) is 11.4. The number of ether oxygens (including phenoxy) is 2. The number of nitrogens with zero attached hydrogens (tertiary/aromatic N) is 1. The van der Waals surface area contributed by atoms with Gasteiger partial charge in [-0.25, -0.2) is 8.42 Å². The molecule has 0 fully saturated rings. The van der Waals surface area contributed by atoms with E-state index < -0.39 is 10.0 Å². The second kappa shape index (κ2) is 10.3. The predicted octanol–water partition coefficient (Wildman–Crippen LogP) is 4.65. The standard InChI is InChI=1S/C23H27NO5S/c1-3-27-20-10-12-23(13-11-20)30(25,26)24(18-22-9-5-15-29-22)14-6-16-28-21-8-4-7-19(2)17-21/h4-5,7-13,15,17H,3,6,14,16,18H2,1-2H3. The Labute approximate surface area is 178 Å². The number of aryl methyl sites for hydroxylation is 1. The van der Waals surface area contributed by atoms with Crippen molar-refractivity contribution in [1.82, 2.24) is 4.31 Å². The molecule has 0 unspecified atom stereocenters. The zero-order chi connectivity index (χ0) is 21.4. The molecule has 0 saturated heterocycles. The van der Waals surface area contributed by atoms with E-state index in [1.807, 2.05) is 38.1 Å². The van der Waals surface area contributed by atoms with Crippen molar-refractivity contribution in [3.8, 4) is 11.5 Å². The van der Waals surface area contributed by atoms with E-state index in [0.717, 1.165) is 11.3 Å². The molecule has 0 aliphatic carbocycles. The van der Waals surface area contributed by atoms with Gasteiger partial charge in [0.15, 0.2) is 0 Å². The predicted molar refractivity (Wildman–Crippen MR) is 115 cm³/mol. The Morgan fingerprint density at radius 3 is 2.43 bits per heavy atom. The van der Waals surface area contributed by atoms with Crippen molar-refractivity contribution in [1.29, 1.82) is 0 Å². The zero-order valence-corrected chi connectivity index (χ0v) is 18.1. The third-order valence-corrected chi connectivity index (χ3v) is 6.35. The summed E-state index contributed by atoms with van der Waals surface area (Å²) in [6.07, 6.45) is 2.09. The molecular weight excluding hydrogens is 402 g/mol. The van der Waals surface area contributed by atoms with Crippen LogP contribution in [-0.2, 0) is 16.6 Å². The maximum atomic E-state index is 13.2. The molecule has 7 heteroatoms. The molecule has 1 heterocycles. The third-order valence-electron chi connectivity index (χ3n) is 4.49. The minimum absolute atomic E-state index is 0.160. The fraction of sp³-hybridized carbons (Fsp3) is 0.304. The average Bonchev–Trinajstić information content (AvgIpc) is 3.24. The molecule has 0 saturated carbocycles. The van der Waals surface area contributed by atoms with Crippen molar-refractivity contribution in [2.75, 3.05) is 19.8 Å². The van der Waals surface area contributed by atoms with Crippen molar-refractivity contribution >= 4 is 10.0 Å². The summed E-state index contributed by atoms with van der Waals surface area (Å²) >= 11 is 0. The monoisotopic (exact) mass is 429 g/mol. The number of furan rings is 1. The van der Waals surface area contributed by atoms with Crippen LogP contribution in [0.5, 0.6) is 11.5 Å². The number of hydrogen-bond acceptors (Lipinski definition) is 5. The van der Waals surface area contributed by atoms with E-state index in [4.69, 9.17) is 13.9 Å². The van der Waals surface area contributed by atoms with Gasteiger partial charge >= 0.3 is 0 Å². The summed E-state index contributed by atoms with van der Waals surface area (Å²) in [6.45, 7) is 5.29. The van der Waals surface area contributed by atoms with Crippen LogP contribution in [0.1, 0.15) is 24.7 Å². The van der Waals surface area contributed by atoms with Gasteiger partial charge in [0.05, 0.1) is 30.9 Å². The summed E-state index contributed by atoms with van der Waals surface area (Å²) in [5.41, 5.74) is 1.12. The van der Waals surface area contributed by atoms with Crippen LogP contribution in [0.3, 0.4) is 0 Å². The van der Waals surface area contributed by atoms with Gasteiger partial charge in [-0.05, 0) is 74.4 Å². The topological polar surface area (TPSA) is 69.0 Å². The van der Waals surface area contributed by atoms with Crippen molar-refractivity contribution in [2.45, 2.75) is 31.7 Å². The van der Waals surface area contributed by atoms with Gasteiger partial charge in [0, 0.05) is 6.54 Å². The second-order valence-corrected chi connectivity index (χ2v) is 8.78. The Kier molecular flexibility index (Phi) is 7.54. The molecule has 0 aliphatic heterocycles. The highest BCUT2D eigenvalue weighted by atomic mass is 32.2.